The van der Waals surface area contributed by atoms with Crippen LogP contribution in [0.2, 0.25) is 0 Å². The lowest BCUT2D eigenvalue weighted by Gasteiger charge is -2.18. The molecule has 0 spiro atoms. The van der Waals surface area contributed by atoms with Gasteiger partial charge in [0, 0.05) is 19.3 Å². The second-order valence-electron chi connectivity index (χ2n) is 18.1. The molecule has 0 aliphatic carbocycles. The highest BCUT2D eigenvalue weighted by atomic mass is 16.6. The average molecular weight is 980 g/mol. The zero-order chi connectivity index (χ0) is 51.4. The number of unbranched alkanes of at least 4 members (excludes halogenated alkanes) is 14. The summed E-state index contributed by atoms with van der Waals surface area (Å²) in [6.07, 6.45) is 82.7. The van der Waals surface area contributed by atoms with Crippen molar-refractivity contribution in [1.82, 2.24) is 0 Å². The molecule has 71 heavy (non-hydrogen) atoms. The zero-order valence-electron chi connectivity index (χ0n) is 45.4. The second-order valence-corrected chi connectivity index (χ2v) is 18.1. The molecule has 0 fully saturated rings. The third kappa shape index (κ3) is 56.1. The Morgan fingerprint density at radius 3 is 0.915 bits per heavy atom. The van der Waals surface area contributed by atoms with Crippen LogP contribution in [0.15, 0.2) is 146 Å². The SMILES string of the molecule is CC/C=C\C/C=C\C/C=C\C/C=C\C/C=C\CCCC(=O)O[C@H](COC(=O)CCC/C=C\C/C=C\C/C=C\C/C=C\CCCCC)COC(=O)CCCCCCCC/C=C\C/C=C\C/C=C\CCCCC. The van der Waals surface area contributed by atoms with Crippen molar-refractivity contribution in [3.05, 3.63) is 146 Å². The van der Waals surface area contributed by atoms with Crippen LogP contribution in [0.25, 0.3) is 0 Å². The number of ether oxygens (including phenoxy) is 3. The smallest absolute Gasteiger partial charge is 0.306 e. The molecule has 6 heteroatoms. The Balaban J connectivity index is 4.61. The highest BCUT2D eigenvalue weighted by molar-refractivity contribution is 5.71. The molecule has 0 radical (unpaired) electrons. The van der Waals surface area contributed by atoms with Crippen LogP contribution in [0.5, 0.6) is 0 Å². The van der Waals surface area contributed by atoms with Crippen LogP contribution in [0.4, 0.5) is 0 Å². The lowest BCUT2D eigenvalue weighted by Crippen LogP contribution is -2.30. The predicted molar refractivity (Wildman–Crippen MR) is 306 cm³/mol. The van der Waals surface area contributed by atoms with Crippen molar-refractivity contribution < 1.29 is 28.6 Å². The molecule has 0 saturated carbocycles. The van der Waals surface area contributed by atoms with Crippen molar-refractivity contribution in [3.8, 4) is 0 Å². The van der Waals surface area contributed by atoms with Gasteiger partial charge in [-0.15, -0.1) is 0 Å². The number of rotatable bonds is 49. The largest absolute Gasteiger partial charge is 0.462 e. The summed E-state index contributed by atoms with van der Waals surface area (Å²) in [5.74, 6) is -1.07. The van der Waals surface area contributed by atoms with E-state index in [2.05, 4.69) is 167 Å². The highest BCUT2D eigenvalue weighted by Crippen LogP contribution is 2.12. The van der Waals surface area contributed by atoms with Crippen LogP contribution in [-0.4, -0.2) is 37.2 Å². The van der Waals surface area contributed by atoms with Crippen LogP contribution in [0.1, 0.15) is 226 Å². The van der Waals surface area contributed by atoms with Gasteiger partial charge in [-0.3, -0.25) is 14.4 Å². The van der Waals surface area contributed by atoms with E-state index in [1.165, 1.54) is 64.2 Å². The van der Waals surface area contributed by atoms with Gasteiger partial charge in [-0.2, -0.15) is 0 Å². The van der Waals surface area contributed by atoms with Gasteiger partial charge in [0.2, 0.25) is 0 Å². The molecule has 398 valence electrons. The van der Waals surface area contributed by atoms with E-state index in [-0.39, 0.29) is 38.0 Å². The Morgan fingerprint density at radius 1 is 0.296 bits per heavy atom. The second kappa shape index (κ2) is 57.9. The van der Waals surface area contributed by atoms with Crippen LogP contribution in [-0.2, 0) is 28.6 Å². The van der Waals surface area contributed by atoms with Crippen molar-refractivity contribution in [3.63, 3.8) is 0 Å². The van der Waals surface area contributed by atoms with E-state index in [0.29, 0.717) is 19.3 Å². The molecule has 0 unspecified atom stereocenters. The van der Waals surface area contributed by atoms with E-state index in [1.54, 1.807) is 0 Å². The van der Waals surface area contributed by atoms with Crippen molar-refractivity contribution >= 4 is 17.9 Å². The maximum Gasteiger partial charge on any atom is 0.306 e. The van der Waals surface area contributed by atoms with Gasteiger partial charge < -0.3 is 14.2 Å². The molecular formula is C65H102O6. The molecule has 0 heterocycles. The number of esters is 3. The van der Waals surface area contributed by atoms with Gasteiger partial charge >= 0.3 is 17.9 Å². The molecule has 0 rings (SSSR count). The summed E-state index contributed by atoms with van der Waals surface area (Å²) in [6, 6.07) is 0. The van der Waals surface area contributed by atoms with Gasteiger partial charge in [0.25, 0.3) is 0 Å². The van der Waals surface area contributed by atoms with Crippen LogP contribution in [0, 0.1) is 0 Å². The third-order valence-electron chi connectivity index (χ3n) is 11.3. The first kappa shape index (κ1) is 66.3. The first-order valence-electron chi connectivity index (χ1n) is 28.3. The third-order valence-corrected chi connectivity index (χ3v) is 11.3. The Bertz CT molecular complexity index is 1590. The molecular weight excluding hydrogens is 877 g/mol. The molecule has 6 nitrogen and oxygen atoms in total. The summed E-state index contributed by atoms with van der Waals surface area (Å²) in [7, 11) is 0. The van der Waals surface area contributed by atoms with Crippen LogP contribution < -0.4 is 0 Å². The highest BCUT2D eigenvalue weighted by Gasteiger charge is 2.19. The quantitative estimate of drug-likeness (QED) is 0.0262. The lowest BCUT2D eigenvalue weighted by molar-refractivity contribution is -0.167. The van der Waals surface area contributed by atoms with Gasteiger partial charge in [-0.25, -0.2) is 0 Å². The zero-order valence-corrected chi connectivity index (χ0v) is 45.4. The summed E-state index contributed by atoms with van der Waals surface area (Å²) in [6.45, 7) is 6.35. The fourth-order valence-electron chi connectivity index (χ4n) is 7.06. The molecule has 0 saturated heterocycles. The van der Waals surface area contributed by atoms with Gasteiger partial charge in [-0.05, 0) is 135 Å². The average Bonchev–Trinajstić information content (AvgIpc) is 3.37. The Kier molecular flexibility index (Phi) is 54.0. The minimum Gasteiger partial charge on any atom is -0.462 e. The Morgan fingerprint density at radius 2 is 0.563 bits per heavy atom. The van der Waals surface area contributed by atoms with Crippen molar-refractivity contribution in [1.29, 1.82) is 0 Å². The number of carbonyl (C=O) groups is 3. The molecule has 0 aliphatic rings. The van der Waals surface area contributed by atoms with E-state index >= 15 is 0 Å². The summed E-state index contributed by atoms with van der Waals surface area (Å²) >= 11 is 0. The van der Waals surface area contributed by atoms with Crippen molar-refractivity contribution in [2.24, 2.45) is 0 Å². The molecule has 0 N–H and O–H groups in total. The molecule has 0 bridgehead atoms. The van der Waals surface area contributed by atoms with Crippen molar-refractivity contribution in [2.75, 3.05) is 13.2 Å². The fraction of sp³-hybridized carbons (Fsp3) is 0.585. The number of hydrogen-bond acceptors (Lipinski definition) is 6. The molecule has 1 atom stereocenters. The van der Waals surface area contributed by atoms with Gasteiger partial charge in [0.15, 0.2) is 6.10 Å². The van der Waals surface area contributed by atoms with Gasteiger partial charge in [0.05, 0.1) is 0 Å². The molecule has 0 aromatic carbocycles. The Hall–Kier alpha value is -4.71. The fourth-order valence-corrected chi connectivity index (χ4v) is 7.06. The number of carbonyl (C=O) groups excluding carboxylic acids is 3. The predicted octanol–water partition coefficient (Wildman–Crippen LogP) is 19.2. The van der Waals surface area contributed by atoms with Crippen molar-refractivity contribution in [2.45, 2.75) is 232 Å². The molecule has 0 amide bonds. The van der Waals surface area contributed by atoms with Crippen LogP contribution in [0.3, 0.4) is 0 Å². The summed E-state index contributed by atoms with van der Waals surface area (Å²) in [4.78, 5) is 38.1. The molecule has 0 aromatic heterocycles. The molecule has 0 aliphatic heterocycles. The summed E-state index contributed by atoms with van der Waals surface area (Å²) in [5.41, 5.74) is 0. The number of allylic oxidation sites excluding steroid dienone is 24. The first-order valence-corrected chi connectivity index (χ1v) is 28.3. The van der Waals surface area contributed by atoms with E-state index in [1.807, 2.05) is 0 Å². The maximum absolute atomic E-state index is 12.8. The summed E-state index contributed by atoms with van der Waals surface area (Å²) < 4.78 is 16.7. The minimum absolute atomic E-state index is 0.131. The van der Waals surface area contributed by atoms with E-state index in [4.69, 9.17) is 14.2 Å². The van der Waals surface area contributed by atoms with E-state index in [0.717, 1.165) is 109 Å². The number of hydrogen-bond donors (Lipinski definition) is 0. The minimum atomic E-state index is -0.843. The van der Waals surface area contributed by atoms with Gasteiger partial charge in [0.1, 0.15) is 13.2 Å². The summed E-state index contributed by atoms with van der Waals surface area (Å²) in [5, 5.41) is 0. The first-order chi connectivity index (χ1) is 35.0. The monoisotopic (exact) mass is 979 g/mol. The maximum atomic E-state index is 12.8. The standard InChI is InChI=1S/C65H102O6/c1-4-7-10-13-16-19-22-25-28-31-32-35-37-40-43-46-49-52-55-58-64(67)70-61-62(71-65(68)59-56-53-50-47-44-41-38-34-30-27-24-21-18-15-12-9-6-3)60-69-63(66)57-54-51-48-45-42-39-36-33-29-26-23-20-17-14-11-8-5-2/h9,12,16-21,25-30,32,35-36,38-39,41,45,47-48,50,62H,4-8,10-11,13-15,22-24,31,33-34,37,40,42-44,46,49,51-61H2,1-3H3/b12-9-,19-16-,20-17-,21-18-,28-25-,29-26-,30-27-,35-32-,39-36-,41-38-,48-45-,50-47-/t62-/m1/s1. The Labute approximate surface area is 436 Å². The van der Waals surface area contributed by atoms with E-state index in [9.17, 15) is 14.4 Å². The molecule has 0 aromatic rings. The lowest BCUT2D eigenvalue weighted by atomic mass is 10.1. The van der Waals surface area contributed by atoms with Gasteiger partial charge in [-0.1, -0.05) is 218 Å². The normalized spacial score (nSPS) is 13.2. The van der Waals surface area contributed by atoms with E-state index < -0.39 is 12.1 Å². The topological polar surface area (TPSA) is 78.9 Å². The van der Waals surface area contributed by atoms with Crippen LogP contribution >= 0.6 is 0 Å².